The van der Waals surface area contributed by atoms with Crippen LogP contribution in [0.2, 0.25) is 0 Å². The number of amides is 1. The smallest absolute Gasteiger partial charge is 0.243 e. The minimum atomic E-state index is -3.42. The number of nitrogens with zero attached hydrogens (tertiary/aromatic N) is 2. The molecule has 1 amide bonds. The van der Waals surface area contributed by atoms with Crippen LogP contribution in [0.25, 0.3) is 0 Å². The first-order valence-electron chi connectivity index (χ1n) is 12.4. The van der Waals surface area contributed by atoms with Crippen LogP contribution in [0.15, 0.2) is 53.4 Å². The number of fused-ring (bicyclic) bond motifs is 1. The summed E-state index contributed by atoms with van der Waals surface area (Å²) in [6.45, 7) is 8.07. The summed E-state index contributed by atoms with van der Waals surface area (Å²) in [5, 5.41) is 3.11. The molecule has 0 radical (unpaired) electrons. The maximum Gasteiger partial charge on any atom is 0.243 e. The molecule has 6 nitrogen and oxygen atoms in total. The van der Waals surface area contributed by atoms with E-state index in [0.717, 1.165) is 44.3 Å². The molecule has 0 aromatic heterocycles. The lowest BCUT2D eigenvalue weighted by molar-refractivity contribution is -0.121. The molecule has 34 heavy (non-hydrogen) atoms. The number of hydrogen-bond donors (Lipinski definition) is 1. The Morgan fingerprint density at radius 1 is 0.941 bits per heavy atom. The maximum absolute atomic E-state index is 12.8. The number of nitrogens with one attached hydrogen (secondary N) is 1. The van der Waals surface area contributed by atoms with Crippen LogP contribution >= 0.6 is 0 Å². The highest BCUT2D eigenvalue weighted by atomic mass is 32.2. The predicted octanol–water partition coefficient (Wildman–Crippen LogP) is 3.75. The van der Waals surface area contributed by atoms with Gasteiger partial charge in [0.2, 0.25) is 15.9 Å². The van der Waals surface area contributed by atoms with Crippen molar-refractivity contribution in [3.8, 4) is 0 Å². The molecule has 2 aromatic carbocycles. The van der Waals surface area contributed by atoms with Crippen LogP contribution in [0.4, 0.5) is 0 Å². The number of aryl methyl sites for hydroxylation is 1. The molecule has 2 heterocycles. The van der Waals surface area contributed by atoms with Crippen molar-refractivity contribution in [3.05, 3.63) is 65.2 Å². The van der Waals surface area contributed by atoms with Gasteiger partial charge in [-0.1, -0.05) is 42.8 Å². The minimum absolute atomic E-state index is 0.0236. The van der Waals surface area contributed by atoms with Gasteiger partial charge < -0.3 is 5.32 Å². The quantitative estimate of drug-likeness (QED) is 0.621. The fraction of sp³-hybridized carbons (Fsp3) is 0.519. The Kier molecular flexibility index (Phi) is 7.75. The van der Waals surface area contributed by atoms with Crippen LogP contribution in [-0.4, -0.2) is 55.2 Å². The van der Waals surface area contributed by atoms with Crippen LogP contribution in [0.3, 0.4) is 0 Å². The Balaban J connectivity index is 1.25. The highest BCUT2D eigenvalue weighted by Gasteiger charge is 2.30. The van der Waals surface area contributed by atoms with E-state index >= 15 is 0 Å². The van der Waals surface area contributed by atoms with Gasteiger partial charge in [0.05, 0.1) is 4.90 Å². The van der Waals surface area contributed by atoms with Crippen molar-refractivity contribution in [1.82, 2.24) is 14.5 Å². The highest BCUT2D eigenvalue weighted by molar-refractivity contribution is 7.89. The molecule has 0 saturated carbocycles. The van der Waals surface area contributed by atoms with Crippen molar-refractivity contribution in [1.29, 1.82) is 0 Å². The Bertz CT molecular complexity index is 1090. The summed E-state index contributed by atoms with van der Waals surface area (Å²) in [7, 11) is -3.42. The largest absolute Gasteiger partial charge is 0.354 e. The third-order valence-electron chi connectivity index (χ3n) is 7.22. The first-order chi connectivity index (χ1) is 16.3. The molecule has 2 aliphatic rings. The molecule has 2 aliphatic heterocycles. The third-order valence-corrected chi connectivity index (χ3v) is 9.13. The maximum atomic E-state index is 12.8. The SMILES string of the molecule is CC(C)(CNC(=O)CCc1ccc(S(=O)(=O)N2CCCCC2)cc1)N1CCc2ccccc2C1. The summed E-state index contributed by atoms with van der Waals surface area (Å²) in [5.41, 5.74) is 3.64. The van der Waals surface area contributed by atoms with E-state index in [1.165, 1.54) is 11.1 Å². The zero-order valence-corrected chi connectivity index (χ0v) is 21.2. The molecule has 0 atom stereocenters. The first kappa shape index (κ1) is 24.9. The summed E-state index contributed by atoms with van der Waals surface area (Å²) >= 11 is 0. The highest BCUT2D eigenvalue weighted by Crippen LogP contribution is 2.25. The van der Waals surface area contributed by atoms with Gasteiger partial charge in [-0.15, -0.1) is 0 Å². The van der Waals surface area contributed by atoms with Gasteiger partial charge in [0.25, 0.3) is 0 Å². The summed E-state index contributed by atoms with van der Waals surface area (Å²) in [6.07, 6.45) is 4.96. The second-order valence-corrected chi connectivity index (χ2v) is 12.1. The molecule has 1 N–H and O–H groups in total. The average Bonchev–Trinajstić information content (AvgIpc) is 2.86. The van der Waals surface area contributed by atoms with E-state index in [1.807, 2.05) is 12.1 Å². The first-order valence-corrected chi connectivity index (χ1v) is 13.9. The minimum Gasteiger partial charge on any atom is -0.354 e. The predicted molar refractivity (Wildman–Crippen MR) is 135 cm³/mol. The molecule has 1 fully saturated rings. The number of sulfonamides is 1. The van der Waals surface area contributed by atoms with Gasteiger partial charge in [-0.2, -0.15) is 4.31 Å². The Morgan fingerprint density at radius 2 is 1.62 bits per heavy atom. The van der Waals surface area contributed by atoms with E-state index < -0.39 is 10.0 Å². The van der Waals surface area contributed by atoms with Gasteiger partial charge in [0.15, 0.2) is 0 Å². The van der Waals surface area contributed by atoms with Gasteiger partial charge in [0.1, 0.15) is 0 Å². The number of piperidine rings is 1. The molecule has 0 spiro atoms. The number of benzene rings is 2. The summed E-state index contributed by atoms with van der Waals surface area (Å²) in [6, 6.07) is 15.6. The molecular formula is C27H37N3O3S. The summed E-state index contributed by atoms with van der Waals surface area (Å²) < 4.78 is 27.2. The lowest BCUT2D eigenvalue weighted by Crippen LogP contribution is -2.53. The Hall–Kier alpha value is -2.22. The van der Waals surface area contributed by atoms with Crippen LogP contribution in [0.5, 0.6) is 0 Å². The van der Waals surface area contributed by atoms with Crippen LogP contribution in [-0.2, 0) is 34.2 Å². The molecule has 184 valence electrons. The lowest BCUT2D eigenvalue weighted by atomic mass is 9.94. The van der Waals surface area contributed by atoms with E-state index in [1.54, 1.807) is 16.4 Å². The van der Waals surface area contributed by atoms with E-state index in [4.69, 9.17) is 0 Å². The molecule has 4 rings (SSSR count). The van der Waals surface area contributed by atoms with Gasteiger partial charge in [-0.25, -0.2) is 8.42 Å². The zero-order chi connectivity index (χ0) is 24.2. The monoisotopic (exact) mass is 483 g/mol. The van der Waals surface area contributed by atoms with Crippen molar-refractivity contribution in [3.63, 3.8) is 0 Å². The lowest BCUT2D eigenvalue weighted by Gasteiger charge is -2.41. The molecule has 0 aliphatic carbocycles. The number of hydrogen-bond acceptors (Lipinski definition) is 4. The molecule has 0 unspecified atom stereocenters. The average molecular weight is 484 g/mol. The van der Waals surface area contributed by atoms with E-state index in [0.29, 0.717) is 37.4 Å². The molecular weight excluding hydrogens is 446 g/mol. The van der Waals surface area contributed by atoms with E-state index in [-0.39, 0.29) is 11.4 Å². The standard InChI is InChI=1S/C27H37N3O3S/c1-27(2,29-19-16-23-8-4-5-9-24(23)20-29)21-28-26(31)15-12-22-10-13-25(14-11-22)34(32,33)30-17-6-3-7-18-30/h4-5,8-11,13-14H,3,6-7,12,15-21H2,1-2H3,(H,28,31). The normalized spacial score (nSPS) is 17.8. The van der Waals surface area contributed by atoms with Gasteiger partial charge >= 0.3 is 0 Å². The topological polar surface area (TPSA) is 69.7 Å². The fourth-order valence-electron chi connectivity index (χ4n) is 4.87. The molecule has 0 bridgehead atoms. The van der Waals surface area contributed by atoms with Gasteiger partial charge in [-0.3, -0.25) is 9.69 Å². The number of carbonyl (C=O) groups excluding carboxylic acids is 1. The van der Waals surface area contributed by atoms with Crippen LogP contribution in [0, 0.1) is 0 Å². The zero-order valence-electron chi connectivity index (χ0n) is 20.4. The number of carbonyl (C=O) groups is 1. The van der Waals surface area contributed by atoms with Gasteiger partial charge in [-0.05, 0) is 68.4 Å². The van der Waals surface area contributed by atoms with Crippen molar-refractivity contribution >= 4 is 15.9 Å². The number of rotatable bonds is 8. The molecule has 7 heteroatoms. The van der Waals surface area contributed by atoms with Crippen LogP contribution < -0.4 is 5.32 Å². The van der Waals surface area contributed by atoms with Crippen molar-refractivity contribution in [2.24, 2.45) is 0 Å². The van der Waals surface area contributed by atoms with Crippen molar-refractivity contribution in [2.75, 3.05) is 26.2 Å². The summed E-state index contributed by atoms with van der Waals surface area (Å²) in [5.74, 6) is 0.0236. The Labute approximate surface area is 204 Å². The molecule has 1 saturated heterocycles. The van der Waals surface area contributed by atoms with E-state index in [2.05, 4.69) is 48.3 Å². The third kappa shape index (κ3) is 5.88. The second kappa shape index (κ2) is 10.6. The van der Waals surface area contributed by atoms with Crippen molar-refractivity contribution in [2.45, 2.75) is 69.4 Å². The summed E-state index contributed by atoms with van der Waals surface area (Å²) in [4.78, 5) is 15.3. The van der Waals surface area contributed by atoms with Crippen LogP contribution in [0.1, 0.15) is 56.2 Å². The fourth-order valence-corrected chi connectivity index (χ4v) is 6.38. The van der Waals surface area contributed by atoms with E-state index in [9.17, 15) is 13.2 Å². The Morgan fingerprint density at radius 3 is 2.32 bits per heavy atom. The van der Waals surface area contributed by atoms with Gasteiger partial charge in [0, 0.05) is 44.7 Å². The van der Waals surface area contributed by atoms with Crippen molar-refractivity contribution < 1.29 is 13.2 Å². The molecule has 2 aromatic rings. The second-order valence-electron chi connectivity index (χ2n) is 10.1.